The molecule has 15 heavy (non-hydrogen) atoms. The third-order valence-electron chi connectivity index (χ3n) is 2.60. The van der Waals surface area contributed by atoms with Crippen molar-refractivity contribution < 1.29 is 9.90 Å². The maximum atomic E-state index is 11.2. The van der Waals surface area contributed by atoms with E-state index in [0.29, 0.717) is 6.54 Å². The van der Waals surface area contributed by atoms with Gasteiger partial charge in [0.05, 0.1) is 0 Å². The quantitative estimate of drug-likeness (QED) is 0.736. The summed E-state index contributed by atoms with van der Waals surface area (Å²) >= 11 is 0. The van der Waals surface area contributed by atoms with Crippen molar-refractivity contribution in [2.45, 2.75) is 39.7 Å². The number of piperidine rings is 1. The molecule has 1 saturated heterocycles. The molecule has 0 saturated carbocycles. The van der Waals surface area contributed by atoms with Crippen LogP contribution in [0.3, 0.4) is 0 Å². The first kappa shape index (κ1) is 12.3. The molecular formula is C11H22N2O2. The van der Waals surface area contributed by atoms with Crippen LogP contribution in [0, 0.1) is 5.41 Å². The molecule has 0 bridgehead atoms. The lowest BCUT2D eigenvalue weighted by Gasteiger charge is -2.36. The Bertz CT molecular complexity index is 217. The van der Waals surface area contributed by atoms with Gasteiger partial charge in [-0.3, -0.25) is 0 Å². The van der Waals surface area contributed by atoms with Crippen LogP contribution in [0.4, 0.5) is 4.79 Å². The van der Waals surface area contributed by atoms with E-state index in [1.807, 2.05) is 0 Å². The van der Waals surface area contributed by atoms with Crippen LogP contribution in [-0.2, 0) is 0 Å². The van der Waals surface area contributed by atoms with Crippen LogP contribution in [0.5, 0.6) is 0 Å². The number of hydrogen-bond donors (Lipinski definition) is 2. The molecule has 4 nitrogen and oxygen atoms in total. The second-order valence-electron chi connectivity index (χ2n) is 5.47. The van der Waals surface area contributed by atoms with Crippen LogP contribution in [-0.4, -0.2) is 41.8 Å². The van der Waals surface area contributed by atoms with E-state index in [0.717, 1.165) is 25.9 Å². The Morgan fingerprint density at radius 1 is 1.53 bits per heavy atom. The fourth-order valence-electron chi connectivity index (χ4n) is 1.96. The molecule has 0 radical (unpaired) electrons. The van der Waals surface area contributed by atoms with Crippen molar-refractivity contribution in [1.82, 2.24) is 10.2 Å². The summed E-state index contributed by atoms with van der Waals surface area (Å²) in [4.78, 5) is 12.8. The normalized spacial score (nSPS) is 22.5. The van der Waals surface area contributed by atoms with Crippen molar-refractivity contribution in [2.24, 2.45) is 5.41 Å². The zero-order valence-electron chi connectivity index (χ0n) is 9.92. The maximum Gasteiger partial charge on any atom is 0.407 e. The van der Waals surface area contributed by atoms with Crippen molar-refractivity contribution in [3.63, 3.8) is 0 Å². The maximum absolute atomic E-state index is 11.2. The molecular weight excluding hydrogens is 192 g/mol. The number of amides is 1. The molecule has 1 unspecified atom stereocenters. The Morgan fingerprint density at radius 2 is 2.20 bits per heavy atom. The molecule has 0 spiro atoms. The highest BCUT2D eigenvalue weighted by atomic mass is 16.4. The molecule has 1 heterocycles. The SMILES string of the molecule is CC(C)(C)CN(C(=O)O)C1CCCNC1. The first-order valence-electron chi connectivity index (χ1n) is 5.60. The zero-order chi connectivity index (χ0) is 11.5. The van der Waals surface area contributed by atoms with Crippen LogP contribution < -0.4 is 5.32 Å². The Labute approximate surface area is 91.6 Å². The molecule has 0 aromatic carbocycles. The van der Waals surface area contributed by atoms with Gasteiger partial charge < -0.3 is 15.3 Å². The zero-order valence-corrected chi connectivity index (χ0v) is 9.92. The van der Waals surface area contributed by atoms with Gasteiger partial charge in [0.1, 0.15) is 0 Å². The summed E-state index contributed by atoms with van der Waals surface area (Å²) in [5, 5.41) is 12.4. The lowest BCUT2D eigenvalue weighted by Crippen LogP contribution is -2.50. The molecule has 1 aliphatic heterocycles. The molecule has 4 heteroatoms. The second-order valence-corrected chi connectivity index (χ2v) is 5.47. The van der Waals surface area contributed by atoms with Gasteiger partial charge >= 0.3 is 6.09 Å². The molecule has 1 fully saturated rings. The smallest absolute Gasteiger partial charge is 0.407 e. The summed E-state index contributed by atoms with van der Waals surface area (Å²) in [5.41, 5.74) is 0.0236. The van der Waals surface area contributed by atoms with E-state index in [-0.39, 0.29) is 11.5 Å². The fraction of sp³-hybridized carbons (Fsp3) is 0.909. The largest absolute Gasteiger partial charge is 0.465 e. The van der Waals surface area contributed by atoms with Gasteiger partial charge in [0, 0.05) is 19.1 Å². The van der Waals surface area contributed by atoms with Gasteiger partial charge in [-0.25, -0.2) is 4.79 Å². The number of nitrogens with one attached hydrogen (secondary N) is 1. The van der Waals surface area contributed by atoms with E-state index < -0.39 is 6.09 Å². The number of rotatable bonds is 2. The van der Waals surface area contributed by atoms with Crippen LogP contribution in [0.2, 0.25) is 0 Å². The van der Waals surface area contributed by atoms with Crippen LogP contribution in [0.15, 0.2) is 0 Å². The second kappa shape index (κ2) is 4.84. The third-order valence-corrected chi connectivity index (χ3v) is 2.60. The summed E-state index contributed by atoms with van der Waals surface area (Å²) in [6.07, 6.45) is 1.26. The Hall–Kier alpha value is -0.770. The molecule has 88 valence electrons. The summed E-state index contributed by atoms with van der Waals surface area (Å²) < 4.78 is 0. The van der Waals surface area contributed by atoms with Gasteiger partial charge in [0.25, 0.3) is 0 Å². The summed E-state index contributed by atoms with van der Waals surface area (Å²) in [7, 11) is 0. The van der Waals surface area contributed by atoms with Crippen molar-refractivity contribution in [3.8, 4) is 0 Å². The number of carboxylic acid groups (broad SMARTS) is 1. The highest BCUT2D eigenvalue weighted by Crippen LogP contribution is 2.19. The highest BCUT2D eigenvalue weighted by Gasteiger charge is 2.28. The Balaban J connectivity index is 2.60. The van der Waals surface area contributed by atoms with Gasteiger partial charge in [-0.2, -0.15) is 0 Å². The lowest BCUT2D eigenvalue weighted by molar-refractivity contribution is 0.0930. The molecule has 2 N–H and O–H groups in total. The Morgan fingerprint density at radius 3 is 2.60 bits per heavy atom. The standard InChI is InChI=1S/C11H22N2O2/c1-11(2,3)8-13(10(14)15)9-5-4-6-12-7-9/h9,12H,4-8H2,1-3H3,(H,14,15). The van der Waals surface area contributed by atoms with Gasteiger partial charge in [0.15, 0.2) is 0 Å². The van der Waals surface area contributed by atoms with Gasteiger partial charge in [0.2, 0.25) is 0 Å². The molecule has 1 amide bonds. The van der Waals surface area contributed by atoms with E-state index >= 15 is 0 Å². The van der Waals surface area contributed by atoms with Gasteiger partial charge in [-0.1, -0.05) is 20.8 Å². The molecule has 1 atom stereocenters. The predicted octanol–water partition coefficient (Wildman–Crippen LogP) is 1.76. The van der Waals surface area contributed by atoms with Gasteiger partial charge in [-0.15, -0.1) is 0 Å². The average Bonchev–Trinajstić information content (AvgIpc) is 2.14. The van der Waals surface area contributed by atoms with Crippen molar-refractivity contribution in [1.29, 1.82) is 0 Å². The molecule has 0 aromatic heterocycles. The van der Waals surface area contributed by atoms with Crippen molar-refractivity contribution in [2.75, 3.05) is 19.6 Å². The van der Waals surface area contributed by atoms with Crippen LogP contribution in [0.1, 0.15) is 33.6 Å². The average molecular weight is 214 g/mol. The number of carbonyl (C=O) groups is 1. The van der Waals surface area contributed by atoms with E-state index in [4.69, 9.17) is 0 Å². The van der Waals surface area contributed by atoms with E-state index in [9.17, 15) is 9.90 Å². The van der Waals surface area contributed by atoms with E-state index in [1.54, 1.807) is 4.90 Å². The fourth-order valence-corrected chi connectivity index (χ4v) is 1.96. The minimum Gasteiger partial charge on any atom is -0.465 e. The summed E-state index contributed by atoms with van der Waals surface area (Å²) in [6, 6.07) is 0.149. The minimum atomic E-state index is -0.793. The predicted molar refractivity (Wildman–Crippen MR) is 60.1 cm³/mol. The number of hydrogen-bond acceptors (Lipinski definition) is 2. The molecule has 1 rings (SSSR count). The minimum absolute atomic E-state index is 0.0236. The van der Waals surface area contributed by atoms with Crippen LogP contribution in [0.25, 0.3) is 0 Å². The monoisotopic (exact) mass is 214 g/mol. The summed E-state index contributed by atoms with van der Waals surface area (Å²) in [5.74, 6) is 0. The Kier molecular flexibility index (Phi) is 3.97. The first-order chi connectivity index (χ1) is 6.90. The van der Waals surface area contributed by atoms with E-state index in [1.165, 1.54) is 0 Å². The first-order valence-corrected chi connectivity index (χ1v) is 5.60. The number of nitrogens with zero attached hydrogens (tertiary/aromatic N) is 1. The molecule has 0 aliphatic carbocycles. The lowest BCUT2D eigenvalue weighted by atomic mass is 9.94. The van der Waals surface area contributed by atoms with Crippen molar-refractivity contribution in [3.05, 3.63) is 0 Å². The third kappa shape index (κ3) is 4.08. The summed E-state index contributed by atoms with van der Waals surface area (Å²) in [6.45, 7) is 8.62. The van der Waals surface area contributed by atoms with Gasteiger partial charge in [-0.05, 0) is 24.8 Å². The molecule has 1 aliphatic rings. The highest BCUT2D eigenvalue weighted by molar-refractivity contribution is 5.65. The van der Waals surface area contributed by atoms with Crippen molar-refractivity contribution >= 4 is 6.09 Å². The topological polar surface area (TPSA) is 52.6 Å². The molecule has 0 aromatic rings. The van der Waals surface area contributed by atoms with Crippen LogP contribution >= 0.6 is 0 Å². The van der Waals surface area contributed by atoms with E-state index in [2.05, 4.69) is 26.1 Å².